The van der Waals surface area contributed by atoms with Gasteiger partial charge in [0.1, 0.15) is 0 Å². The van der Waals surface area contributed by atoms with Crippen LogP contribution in [0.1, 0.15) is 37.4 Å². The normalized spacial score (nSPS) is 30.2. The first-order valence-corrected chi connectivity index (χ1v) is 8.18. The largest absolute Gasteiger partial charge is 0.269 e. The van der Waals surface area contributed by atoms with Gasteiger partial charge in [0.05, 0.1) is 11.7 Å². The van der Waals surface area contributed by atoms with Gasteiger partial charge in [0.25, 0.3) is 0 Å². The molecule has 1 saturated heterocycles. The van der Waals surface area contributed by atoms with E-state index < -0.39 is 0 Å². The highest BCUT2D eigenvalue weighted by Gasteiger charge is 2.27. The molecule has 2 unspecified atom stereocenters. The van der Waals surface area contributed by atoms with Gasteiger partial charge >= 0.3 is 0 Å². The molecule has 1 saturated carbocycles. The second kappa shape index (κ2) is 5.23. The van der Waals surface area contributed by atoms with E-state index in [1.165, 1.54) is 37.1 Å². The summed E-state index contributed by atoms with van der Waals surface area (Å²) in [5.41, 5.74) is 1.23. The van der Waals surface area contributed by atoms with Crippen molar-refractivity contribution in [3.8, 4) is 0 Å². The minimum atomic E-state index is 0.344. The van der Waals surface area contributed by atoms with Crippen LogP contribution in [-0.4, -0.2) is 26.7 Å². The van der Waals surface area contributed by atoms with Crippen molar-refractivity contribution < 1.29 is 0 Å². The molecule has 94 valence electrons. The molecule has 0 bridgehead atoms. The van der Waals surface area contributed by atoms with Crippen molar-refractivity contribution in [2.75, 3.05) is 11.5 Å². The van der Waals surface area contributed by atoms with E-state index in [1.54, 1.807) is 0 Å². The highest BCUT2D eigenvalue weighted by molar-refractivity contribution is 7.99. The van der Waals surface area contributed by atoms with Crippen LogP contribution in [0.5, 0.6) is 0 Å². The van der Waals surface area contributed by atoms with E-state index in [2.05, 4.69) is 16.9 Å². The molecule has 17 heavy (non-hydrogen) atoms. The number of aromatic nitrogens is 2. The lowest BCUT2D eigenvalue weighted by atomic mass is 10.0. The summed E-state index contributed by atoms with van der Waals surface area (Å²) in [6, 6.07) is 2.85. The van der Waals surface area contributed by atoms with E-state index in [0.717, 1.165) is 12.2 Å². The van der Waals surface area contributed by atoms with Crippen LogP contribution in [-0.2, 0) is 6.42 Å². The number of nitrogens with zero attached hydrogens (tertiary/aromatic N) is 2. The summed E-state index contributed by atoms with van der Waals surface area (Å²) in [5, 5.41) is 5.08. The van der Waals surface area contributed by atoms with E-state index in [9.17, 15) is 0 Å². The average molecular weight is 271 g/mol. The summed E-state index contributed by atoms with van der Waals surface area (Å²) in [6.07, 6.45) is 8.56. The van der Waals surface area contributed by atoms with Crippen LogP contribution in [0, 0.1) is 5.92 Å². The van der Waals surface area contributed by atoms with Gasteiger partial charge in [-0.1, -0.05) is 12.8 Å². The third kappa shape index (κ3) is 2.65. The first-order valence-electron chi connectivity index (χ1n) is 6.59. The molecule has 1 aliphatic heterocycles. The molecule has 3 rings (SSSR count). The average Bonchev–Trinajstić information content (AvgIpc) is 3.02. The number of halogens is 1. The maximum Gasteiger partial charge on any atom is 0.0628 e. The third-order valence-electron chi connectivity index (χ3n) is 3.95. The van der Waals surface area contributed by atoms with Crippen LogP contribution < -0.4 is 0 Å². The summed E-state index contributed by atoms with van der Waals surface area (Å²) in [4.78, 5) is 0. The van der Waals surface area contributed by atoms with Crippen molar-refractivity contribution in [1.82, 2.24) is 9.78 Å². The number of rotatable bonds is 3. The first-order chi connectivity index (χ1) is 8.33. The summed E-state index contributed by atoms with van der Waals surface area (Å²) >= 11 is 8.28. The third-order valence-corrected chi connectivity index (χ3v) is 5.91. The Morgan fingerprint density at radius 2 is 2.18 bits per heavy atom. The van der Waals surface area contributed by atoms with Gasteiger partial charge in [-0.15, -0.1) is 11.6 Å². The second-order valence-corrected chi connectivity index (χ2v) is 6.88. The fourth-order valence-electron chi connectivity index (χ4n) is 2.89. The second-order valence-electron chi connectivity index (χ2n) is 5.24. The molecule has 2 heterocycles. The molecule has 2 aliphatic rings. The Kier molecular flexibility index (Phi) is 3.67. The van der Waals surface area contributed by atoms with E-state index in [0.29, 0.717) is 17.3 Å². The molecule has 2 fully saturated rings. The Balaban J connectivity index is 1.63. The minimum absolute atomic E-state index is 0.344. The van der Waals surface area contributed by atoms with E-state index in [1.807, 2.05) is 11.8 Å². The van der Waals surface area contributed by atoms with Crippen molar-refractivity contribution in [1.29, 1.82) is 0 Å². The van der Waals surface area contributed by atoms with Crippen molar-refractivity contribution in [3.05, 3.63) is 18.0 Å². The van der Waals surface area contributed by atoms with Crippen LogP contribution >= 0.6 is 23.4 Å². The van der Waals surface area contributed by atoms with E-state index >= 15 is 0 Å². The molecule has 0 amide bonds. The fraction of sp³-hybridized carbons (Fsp3) is 0.769. The number of thioether (sulfide) groups is 1. The van der Waals surface area contributed by atoms with Gasteiger partial charge < -0.3 is 0 Å². The molecule has 1 aromatic heterocycles. The lowest BCUT2D eigenvalue weighted by Gasteiger charge is -2.11. The Bertz CT molecular complexity index is 373. The zero-order valence-electron chi connectivity index (χ0n) is 10.0. The van der Waals surface area contributed by atoms with Gasteiger partial charge in [-0.2, -0.15) is 16.9 Å². The van der Waals surface area contributed by atoms with E-state index in [4.69, 9.17) is 16.7 Å². The lowest BCUT2D eigenvalue weighted by Crippen LogP contribution is -2.15. The predicted octanol–water partition coefficient (Wildman–Crippen LogP) is 3.51. The monoisotopic (exact) mass is 270 g/mol. The zero-order valence-corrected chi connectivity index (χ0v) is 11.6. The van der Waals surface area contributed by atoms with Crippen LogP contribution in [0.2, 0.25) is 0 Å². The Morgan fingerprint density at radius 1 is 1.35 bits per heavy atom. The summed E-state index contributed by atoms with van der Waals surface area (Å²) in [5.74, 6) is 2.92. The van der Waals surface area contributed by atoms with E-state index in [-0.39, 0.29) is 0 Å². The summed E-state index contributed by atoms with van der Waals surface area (Å²) in [6.45, 7) is 0. The molecule has 1 aromatic rings. The van der Waals surface area contributed by atoms with Gasteiger partial charge in [0, 0.05) is 17.3 Å². The summed E-state index contributed by atoms with van der Waals surface area (Å²) in [7, 11) is 0. The number of hydrogen-bond acceptors (Lipinski definition) is 2. The van der Waals surface area contributed by atoms with Gasteiger partial charge in [0.2, 0.25) is 0 Å². The van der Waals surface area contributed by atoms with Crippen LogP contribution in [0.25, 0.3) is 0 Å². The molecular weight excluding hydrogens is 252 g/mol. The predicted molar refractivity (Wildman–Crippen MR) is 73.9 cm³/mol. The molecule has 4 heteroatoms. The molecule has 0 spiro atoms. The maximum atomic E-state index is 6.31. The fourth-order valence-corrected chi connectivity index (χ4v) is 4.72. The number of alkyl halides is 1. The van der Waals surface area contributed by atoms with Gasteiger partial charge in [0.15, 0.2) is 0 Å². The Morgan fingerprint density at radius 3 is 2.88 bits per heavy atom. The molecule has 0 aromatic carbocycles. The zero-order chi connectivity index (χ0) is 11.7. The van der Waals surface area contributed by atoms with Gasteiger partial charge in [-0.3, -0.25) is 4.68 Å². The van der Waals surface area contributed by atoms with Crippen LogP contribution in [0.15, 0.2) is 12.3 Å². The quantitative estimate of drug-likeness (QED) is 0.783. The molecule has 0 radical (unpaired) electrons. The highest BCUT2D eigenvalue weighted by Crippen LogP contribution is 2.32. The van der Waals surface area contributed by atoms with Gasteiger partial charge in [-0.05, 0) is 37.0 Å². The minimum Gasteiger partial charge on any atom is -0.269 e. The Labute approximate surface area is 112 Å². The van der Waals surface area contributed by atoms with Crippen molar-refractivity contribution >= 4 is 23.4 Å². The molecular formula is C13H19ClN2S. The highest BCUT2D eigenvalue weighted by atomic mass is 35.5. The molecule has 2 atom stereocenters. The molecule has 2 nitrogen and oxygen atoms in total. The topological polar surface area (TPSA) is 17.8 Å². The first kappa shape index (κ1) is 11.9. The SMILES string of the molecule is ClC1CSCC1Cc1ccn(C2CCCC2)n1. The maximum absolute atomic E-state index is 6.31. The summed E-state index contributed by atoms with van der Waals surface area (Å²) < 4.78 is 2.19. The molecule has 1 aliphatic carbocycles. The molecule has 0 N–H and O–H groups in total. The standard InChI is InChI=1S/C13H19ClN2S/c14-13-9-17-8-10(13)7-11-5-6-16(15-11)12-3-1-2-4-12/h5-6,10,12-13H,1-4,7-9H2. The van der Waals surface area contributed by atoms with Crippen LogP contribution in [0.3, 0.4) is 0 Å². The van der Waals surface area contributed by atoms with Crippen molar-refractivity contribution in [2.24, 2.45) is 5.92 Å². The number of hydrogen-bond donors (Lipinski definition) is 0. The van der Waals surface area contributed by atoms with Crippen LogP contribution in [0.4, 0.5) is 0 Å². The lowest BCUT2D eigenvalue weighted by molar-refractivity contribution is 0.458. The smallest absolute Gasteiger partial charge is 0.0628 e. The van der Waals surface area contributed by atoms with Gasteiger partial charge in [-0.25, -0.2) is 0 Å². The van der Waals surface area contributed by atoms with Crippen molar-refractivity contribution in [3.63, 3.8) is 0 Å². The van der Waals surface area contributed by atoms with Crippen molar-refractivity contribution in [2.45, 2.75) is 43.5 Å². The Hall–Kier alpha value is -0.150.